The molecule has 2 atom stereocenters. The van der Waals surface area contributed by atoms with Gasteiger partial charge in [-0.15, -0.1) is 0 Å². The minimum atomic E-state index is -0.121. The highest BCUT2D eigenvalue weighted by molar-refractivity contribution is 7.16. The van der Waals surface area contributed by atoms with Crippen LogP contribution in [-0.2, 0) is 6.42 Å². The molecule has 1 fully saturated rings. The fourth-order valence-electron chi connectivity index (χ4n) is 4.43. The van der Waals surface area contributed by atoms with Crippen molar-refractivity contribution in [1.29, 1.82) is 0 Å². The van der Waals surface area contributed by atoms with Gasteiger partial charge in [0.05, 0.1) is 17.1 Å². The van der Waals surface area contributed by atoms with Crippen LogP contribution < -0.4 is 5.32 Å². The van der Waals surface area contributed by atoms with E-state index in [1.807, 2.05) is 48.9 Å². The molecule has 1 N–H and O–H groups in total. The van der Waals surface area contributed by atoms with Gasteiger partial charge in [0.2, 0.25) is 0 Å². The van der Waals surface area contributed by atoms with Gasteiger partial charge in [0.15, 0.2) is 5.13 Å². The molecular weight excluding hydrogens is 370 g/mol. The Morgan fingerprint density at radius 3 is 2.71 bits per heavy atom. The Hall–Kier alpha value is -2.51. The lowest BCUT2D eigenvalue weighted by molar-refractivity contribution is 0.102. The van der Waals surface area contributed by atoms with Crippen molar-refractivity contribution in [2.24, 2.45) is 0 Å². The highest BCUT2D eigenvalue weighted by Crippen LogP contribution is 2.45. The number of carbonyl (C=O) groups excluding carboxylic acids is 1. The minimum absolute atomic E-state index is 0.121. The highest BCUT2D eigenvalue weighted by atomic mass is 32.1. The number of rotatable bonds is 3. The quantitative estimate of drug-likeness (QED) is 0.733. The summed E-state index contributed by atoms with van der Waals surface area (Å²) in [6.45, 7) is 4.00. The summed E-state index contributed by atoms with van der Waals surface area (Å²) in [5.74, 6) is -0.121. The number of aryl methyl sites for hydroxylation is 2. The van der Waals surface area contributed by atoms with E-state index in [-0.39, 0.29) is 5.91 Å². The smallest absolute Gasteiger partial charge is 0.257 e. The fourth-order valence-corrected chi connectivity index (χ4v) is 5.61. The van der Waals surface area contributed by atoms with Crippen LogP contribution in [0.3, 0.4) is 0 Å². The molecule has 2 aromatic heterocycles. The third kappa shape index (κ3) is 2.86. The molecule has 1 aromatic carbocycles. The van der Waals surface area contributed by atoms with Gasteiger partial charge in [-0.05, 0) is 64.1 Å². The minimum Gasteiger partial charge on any atom is -0.298 e. The Morgan fingerprint density at radius 1 is 1.21 bits per heavy atom. The van der Waals surface area contributed by atoms with Crippen molar-refractivity contribution in [3.63, 3.8) is 0 Å². The van der Waals surface area contributed by atoms with Crippen LogP contribution in [0.15, 0.2) is 30.3 Å². The van der Waals surface area contributed by atoms with Crippen LogP contribution in [-0.4, -0.2) is 38.7 Å². The van der Waals surface area contributed by atoms with E-state index in [1.165, 1.54) is 23.4 Å². The summed E-state index contributed by atoms with van der Waals surface area (Å²) in [6, 6.07) is 10.6. The third-order valence-corrected chi connectivity index (χ3v) is 7.02. The molecule has 1 amide bonds. The van der Waals surface area contributed by atoms with Crippen LogP contribution in [0.25, 0.3) is 5.69 Å². The van der Waals surface area contributed by atoms with Gasteiger partial charge in [0, 0.05) is 34.6 Å². The molecule has 6 nitrogen and oxygen atoms in total. The molecule has 5 rings (SSSR count). The SMILES string of the molecule is Cc1cc(C)n(-c2ccc(C(=O)Nc3nc4c(s3)C3CCC(C4)N3C)cc2)n1. The maximum Gasteiger partial charge on any atom is 0.257 e. The summed E-state index contributed by atoms with van der Waals surface area (Å²) >= 11 is 1.63. The molecule has 2 aliphatic rings. The molecule has 7 heteroatoms. The van der Waals surface area contributed by atoms with Crippen LogP contribution in [0.1, 0.15) is 51.2 Å². The zero-order chi connectivity index (χ0) is 19.4. The Balaban J connectivity index is 1.33. The summed E-state index contributed by atoms with van der Waals surface area (Å²) in [6.07, 6.45) is 3.43. The Morgan fingerprint density at radius 2 is 2.00 bits per heavy atom. The van der Waals surface area contributed by atoms with Crippen molar-refractivity contribution >= 4 is 22.4 Å². The van der Waals surface area contributed by atoms with Gasteiger partial charge in [0.1, 0.15) is 0 Å². The number of benzene rings is 1. The first-order valence-corrected chi connectivity index (χ1v) is 10.5. The number of hydrogen-bond donors (Lipinski definition) is 1. The highest BCUT2D eigenvalue weighted by Gasteiger charge is 2.39. The number of nitrogens with one attached hydrogen (secondary N) is 1. The number of aromatic nitrogens is 3. The molecule has 0 saturated carbocycles. The van der Waals surface area contributed by atoms with Gasteiger partial charge in [0.25, 0.3) is 5.91 Å². The van der Waals surface area contributed by atoms with E-state index in [0.717, 1.165) is 23.5 Å². The summed E-state index contributed by atoms with van der Waals surface area (Å²) < 4.78 is 1.89. The molecule has 28 heavy (non-hydrogen) atoms. The second-order valence-corrected chi connectivity index (χ2v) is 8.82. The van der Waals surface area contributed by atoms with Crippen LogP contribution in [0.5, 0.6) is 0 Å². The molecule has 2 unspecified atom stereocenters. The monoisotopic (exact) mass is 393 g/mol. The fraction of sp³-hybridized carbons (Fsp3) is 0.381. The molecule has 1 saturated heterocycles. The molecule has 0 spiro atoms. The zero-order valence-corrected chi connectivity index (χ0v) is 17.1. The topological polar surface area (TPSA) is 63.1 Å². The van der Waals surface area contributed by atoms with E-state index in [4.69, 9.17) is 4.98 Å². The van der Waals surface area contributed by atoms with Gasteiger partial charge >= 0.3 is 0 Å². The number of fused-ring (bicyclic) bond motifs is 4. The van der Waals surface area contributed by atoms with Crippen LogP contribution in [0, 0.1) is 13.8 Å². The second kappa shape index (κ2) is 6.53. The zero-order valence-electron chi connectivity index (χ0n) is 16.3. The first-order valence-electron chi connectivity index (χ1n) is 9.66. The van der Waals surface area contributed by atoms with E-state index in [9.17, 15) is 4.79 Å². The van der Waals surface area contributed by atoms with E-state index < -0.39 is 0 Å². The molecule has 2 aliphatic heterocycles. The standard InChI is InChI=1S/C21H23N5OS/c1-12-10-13(2)26(24-12)15-6-4-14(5-7-15)20(27)23-21-22-17-11-16-8-9-18(25(16)3)19(17)28-21/h4-7,10,16,18H,8-9,11H2,1-3H3,(H,22,23,27). The van der Waals surface area contributed by atoms with Gasteiger partial charge in [-0.1, -0.05) is 11.3 Å². The van der Waals surface area contributed by atoms with Gasteiger partial charge in [-0.2, -0.15) is 5.10 Å². The van der Waals surface area contributed by atoms with Gasteiger partial charge in [-0.3, -0.25) is 15.0 Å². The molecule has 3 aromatic rings. The number of likely N-dealkylation sites (N-methyl/N-ethyl adjacent to an activating group) is 1. The number of anilines is 1. The number of carbonyl (C=O) groups is 1. The molecular formula is C21H23N5OS. The number of hydrogen-bond acceptors (Lipinski definition) is 5. The van der Waals surface area contributed by atoms with E-state index in [0.29, 0.717) is 22.8 Å². The number of thiazole rings is 1. The van der Waals surface area contributed by atoms with E-state index in [2.05, 4.69) is 22.4 Å². The Bertz CT molecular complexity index is 1050. The third-order valence-electron chi connectivity index (χ3n) is 5.90. The Kier molecular flexibility index (Phi) is 4.10. The summed E-state index contributed by atoms with van der Waals surface area (Å²) in [5, 5.41) is 8.19. The van der Waals surface area contributed by atoms with Crippen LogP contribution >= 0.6 is 11.3 Å². The molecule has 0 radical (unpaired) electrons. The first kappa shape index (κ1) is 17.6. The number of amides is 1. The lowest BCUT2D eigenvalue weighted by Gasteiger charge is -2.29. The van der Waals surface area contributed by atoms with Gasteiger partial charge < -0.3 is 0 Å². The predicted octanol–water partition coefficient (Wildman–Crippen LogP) is 3.89. The molecule has 4 heterocycles. The lowest BCUT2D eigenvalue weighted by atomic mass is 10.1. The predicted molar refractivity (Wildman–Crippen MR) is 110 cm³/mol. The van der Waals surface area contributed by atoms with Crippen LogP contribution in [0.2, 0.25) is 0 Å². The van der Waals surface area contributed by atoms with Crippen molar-refractivity contribution in [3.8, 4) is 5.69 Å². The number of nitrogens with zero attached hydrogens (tertiary/aromatic N) is 4. The van der Waals surface area contributed by atoms with Crippen molar-refractivity contribution in [3.05, 3.63) is 57.9 Å². The molecule has 0 aliphatic carbocycles. The average molecular weight is 394 g/mol. The summed E-state index contributed by atoms with van der Waals surface area (Å²) in [5.41, 5.74) is 4.79. The van der Waals surface area contributed by atoms with Crippen molar-refractivity contribution in [2.45, 2.75) is 45.2 Å². The van der Waals surface area contributed by atoms with Crippen molar-refractivity contribution < 1.29 is 4.79 Å². The normalized spacial score (nSPS) is 21.0. The van der Waals surface area contributed by atoms with Gasteiger partial charge in [-0.25, -0.2) is 9.67 Å². The second-order valence-electron chi connectivity index (χ2n) is 7.79. The largest absolute Gasteiger partial charge is 0.298 e. The Labute approximate surface area is 168 Å². The summed E-state index contributed by atoms with van der Waals surface area (Å²) in [4.78, 5) is 21.2. The van der Waals surface area contributed by atoms with Crippen molar-refractivity contribution in [1.82, 2.24) is 19.7 Å². The average Bonchev–Trinajstić information content (AvgIpc) is 3.30. The maximum atomic E-state index is 12.7. The summed E-state index contributed by atoms with van der Waals surface area (Å²) in [7, 11) is 2.20. The molecule has 144 valence electrons. The van der Waals surface area contributed by atoms with Crippen molar-refractivity contribution in [2.75, 3.05) is 12.4 Å². The van der Waals surface area contributed by atoms with Crippen LogP contribution in [0.4, 0.5) is 5.13 Å². The van der Waals surface area contributed by atoms with E-state index >= 15 is 0 Å². The van der Waals surface area contributed by atoms with E-state index in [1.54, 1.807) is 11.3 Å². The molecule has 2 bridgehead atoms. The maximum absolute atomic E-state index is 12.7. The lowest BCUT2D eigenvalue weighted by Crippen LogP contribution is -2.33. The first-order chi connectivity index (χ1) is 13.5.